The van der Waals surface area contributed by atoms with E-state index in [4.69, 9.17) is 0 Å². The van der Waals surface area contributed by atoms with E-state index in [1.54, 1.807) is 0 Å². The summed E-state index contributed by atoms with van der Waals surface area (Å²) in [4.78, 5) is 15.0. The number of quaternary nitrogens is 1. The SMILES string of the molecule is C[N+]1=C(\C=C/C=C\C=C2\N(CCCCCC(=O)NCCCCCC[NH3+])c3ccc4ccccc4c3C2(C)C)C(C)(C)c2c1ccc1ccccc21.[Cl-].[Cl-]. The number of carbonyl (C=O) groups is 1. The molecule has 0 unspecified atom stereocenters. The van der Waals surface area contributed by atoms with Crippen molar-refractivity contribution in [3.8, 4) is 0 Å². The molecule has 2 aliphatic rings. The molecule has 0 bridgehead atoms. The van der Waals surface area contributed by atoms with E-state index in [-0.39, 0.29) is 41.6 Å². The number of fused-ring (bicyclic) bond motifs is 6. The van der Waals surface area contributed by atoms with E-state index in [0.717, 1.165) is 45.3 Å². The third-order valence-corrected chi connectivity index (χ3v) is 11.2. The fourth-order valence-electron chi connectivity index (χ4n) is 8.53. The van der Waals surface area contributed by atoms with Gasteiger partial charge in [0.1, 0.15) is 7.05 Å². The molecule has 53 heavy (non-hydrogen) atoms. The molecule has 0 radical (unpaired) electrons. The lowest BCUT2D eigenvalue weighted by molar-refractivity contribution is -0.401. The maximum atomic E-state index is 12.4. The Hall–Kier alpha value is -3.90. The van der Waals surface area contributed by atoms with Crippen molar-refractivity contribution in [1.29, 1.82) is 0 Å². The molecule has 0 saturated carbocycles. The van der Waals surface area contributed by atoms with Crippen LogP contribution in [0.25, 0.3) is 21.5 Å². The molecule has 0 aromatic heterocycles. The first-order valence-corrected chi connectivity index (χ1v) is 19.2. The summed E-state index contributed by atoms with van der Waals surface area (Å²) in [5, 5.41) is 8.36. The Bertz CT molecular complexity index is 2020. The lowest BCUT2D eigenvalue weighted by Gasteiger charge is -2.27. The Kier molecular flexibility index (Phi) is 14.5. The standard InChI is InChI=1S/C46H56N4O.2ClH/c1-45(2)40(49(5)38-29-27-34-20-13-15-22-36(34)43(38)45)24-10-8-11-25-41-46(3,4)44-37-23-16-14-21-35(37)28-30-39(44)50(41)33-19-9-12-26-42(51)48-32-18-7-6-17-31-47;;/h8,10-11,13-16,20-25,27-30H,6-7,9,12,17-19,26,31-33,47H2,1-5H3;2*1H. The fraction of sp³-hybridized carbons (Fsp3) is 0.391. The van der Waals surface area contributed by atoms with Crippen LogP contribution in [-0.4, -0.2) is 42.9 Å². The number of benzene rings is 4. The van der Waals surface area contributed by atoms with Gasteiger partial charge in [0, 0.05) is 54.0 Å². The zero-order chi connectivity index (χ0) is 36.0. The quantitative estimate of drug-likeness (QED) is 0.111. The van der Waals surface area contributed by atoms with E-state index in [1.165, 1.54) is 74.7 Å². The minimum absolute atomic E-state index is 0. The highest BCUT2D eigenvalue weighted by Gasteiger charge is 2.44. The van der Waals surface area contributed by atoms with Crippen molar-refractivity contribution in [2.75, 3.05) is 31.6 Å². The maximum Gasteiger partial charge on any atom is 0.219 e. The second kappa shape index (κ2) is 18.4. The largest absolute Gasteiger partial charge is 1.00 e. The average molecular weight is 754 g/mol. The van der Waals surface area contributed by atoms with Gasteiger partial charge in [0.2, 0.25) is 11.6 Å². The van der Waals surface area contributed by atoms with E-state index in [2.05, 4.69) is 158 Å². The molecular weight excluding hydrogens is 695 g/mol. The summed E-state index contributed by atoms with van der Waals surface area (Å²) < 4.78 is 2.35. The highest BCUT2D eigenvalue weighted by atomic mass is 35.5. The summed E-state index contributed by atoms with van der Waals surface area (Å²) in [7, 11) is 2.19. The third-order valence-electron chi connectivity index (χ3n) is 11.2. The van der Waals surface area contributed by atoms with Crippen LogP contribution in [0.2, 0.25) is 0 Å². The van der Waals surface area contributed by atoms with E-state index in [1.807, 2.05) is 0 Å². The molecule has 1 amide bonds. The number of amides is 1. The normalized spacial score (nSPS) is 16.4. The summed E-state index contributed by atoms with van der Waals surface area (Å²) >= 11 is 0. The number of hydrogen-bond acceptors (Lipinski definition) is 2. The Balaban J connectivity index is 0.00000314. The number of allylic oxidation sites excluding steroid dienone is 6. The summed E-state index contributed by atoms with van der Waals surface area (Å²) in [6.45, 7) is 12.1. The van der Waals surface area contributed by atoms with Crippen molar-refractivity contribution in [3.05, 3.63) is 120 Å². The molecule has 0 fully saturated rings. The number of carbonyl (C=O) groups excluding carboxylic acids is 1. The molecule has 4 aromatic carbocycles. The number of nitrogens with one attached hydrogen (secondary N) is 1. The second-order valence-electron chi connectivity index (χ2n) is 15.4. The number of halogens is 2. The number of anilines is 1. The molecular formula is C46H58Cl2N4O. The van der Waals surface area contributed by atoms with Gasteiger partial charge in [-0.15, -0.1) is 0 Å². The van der Waals surface area contributed by atoms with Crippen molar-refractivity contribution in [2.45, 2.75) is 89.9 Å². The van der Waals surface area contributed by atoms with Crippen molar-refractivity contribution in [1.82, 2.24) is 5.32 Å². The molecule has 6 rings (SSSR count). The Morgan fingerprint density at radius 3 is 2.09 bits per heavy atom. The Labute approximate surface area is 329 Å². The maximum absolute atomic E-state index is 12.4. The topological polar surface area (TPSA) is 63.0 Å². The highest BCUT2D eigenvalue weighted by Crippen LogP contribution is 2.51. The molecule has 0 atom stereocenters. The van der Waals surface area contributed by atoms with Gasteiger partial charge in [0.25, 0.3) is 0 Å². The lowest BCUT2D eigenvalue weighted by atomic mass is 9.79. The van der Waals surface area contributed by atoms with Gasteiger partial charge in [0.15, 0.2) is 5.71 Å². The number of nitrogens with zero attached hydrogens (tertiary/aromatic N) is 2. The molecule has 2 aliphatic heterocycles. The minimum atomic E-state index is -0.150. The minimum Gasteiger partial charge on any atom is -1.00 e. The molecule has 282 valence electrons. The van der Waals surface area contributed by atoms with Crippen LogP contribution in [0.3, 0.4) is 0 Å². The first-order valence-electron chi connectivity index (χ1n) is 19.2. The predicted octanol–water partition coefficient (Wildman–Crippen LogP) is 3.28. The molecule has 0 spiro atoms. The van der Waals surface area contributed by atoms with Crippen molar-refractivity contribution >= 4 is 44.5 Å². The van der Waals surface area contributed by atoms with Gasteiger partial charge in [-0.05, 0) is 91.3 Å². The molecule has 4 aromatic rings. The molecule has 4 N–H and O–H groups in total. The van der Waals surface area contributed by atoms with Gasteiger partial charge >= 0.3 is 0 Å². The van der Waals surface area contributed by atoms with E-state index < -0.39 is 0 Å². The van der Waals surface area contributed by atoms with Crippen LogP contribution in [0.4, 0.5) is 11.4 Å². The smallest absolute Gasteiger partial charge is 0.219 e. The zero-order valence-corrected chi connectivity index (χ0v) is 33.9. The molecule has 0 aliphatic carbocycles. The predicted molar refractivity (Wildman–Crippen MR) is 216 cm³/mol. The summed E-state index contributed by atoms with van der Waals surface area (Å²) in [5.74, 6) is 0.188. The number of hydrogen-bond donors (Lipinski definition) is 2. The van der Waals surface area contributed by atoms with Gasteiger partial charge in [-0.1, -0.05) is 99.5 Å². The van der Waals surface area contributed by atoms with E-state index in [0.29, 0.717) is 6.42 Å². The molecule has 0 saturated heterocycles. The Morgan fingerprint density at radius 1 is 0.736 bits per heavy atom. The van der Waals surface area contributed by atoms with Crippen molar-refractivity contribution < 1.29 is 39.9 Å². The van der Waals surface area contributed by atoms with Crippen LogP contribution in [0.5, 0.6) is 0 Å². The molecule has 7 heteroatoms. The van der Waals surface area contributed by atoms with Crippen LogP contribution in [-0.2, 0) is 15.6 Å². The van der Waals surface area contributed by atoms with Crippen LogP contribution in [0.15, 0.2) is 109 Å². The van der Waals surface area contributed by atoms with Gasteiger partial charge in [-0.2, -0.15) is 4.58 Å². The van der Waals surface area contributed by atoms with E-state index in [9.17, 15) is 4.79 Å². The highest BCUT2D eigenvalue weighted by molar-refractivity contribution is 6.07. The van der Waals surface area contributed by atoms with E-state index >= 15 is 0 Å². The lowest BCUT2D eigenvalue weighted by Crippen LogP contribution is -3.00. The van der Waals surface area contributed by atoms with Crippen LogP contribution < -0.4 is 40.8 Å². The van der Waals surface area contributed by atoms with Crippen LogP contribution >= 0.6 is 0 Å². The second-order valence-corrected chi connectivity index (χ2v) is 15.4. The van der Waals surface area contributed by atoms with Crippen molar-refractivity contribution in [2.24, 2.45) is 0 Å². The first kappa shape index (κ1) is 41.9. The first-order chi connectivity index (χ1) is 24.7. The number of unbranched alkanes of at least 4 members (excludes halogenated alkanes) is 5. The van der Waals surface area contributed by atoms with Crippen LogP contribution in [0.1, 0.15) is 90.2 Å². The summed E-state index contributed by atoms with van der Waals surface area (Å²) in [5.41, 5.74) is 11.7. The average Bonchev–Trinajstić information content (AvgIpc) is 3.47. The van der Waals surface area contributed by atoms with Gasteiger partial charge < -0.3 is 40.8 Å². The van der Waals surface area contributed by atoms with Gasteiger partial charge in [-0.25, -0.2) is 0 Å². The third kappa shape index (κ3) is 8.75. The summed E-state index contributed by atoms with van der Waals surface area (Å²) in [6.07, 6.45) is 19.4. The van der Waals surface area contributed by atoms with Gasteiger partial charge in [-0.3, -0.25) is 4.79 Å². The van der Waals surface area contributed by atoms with Gasteiger partial charge in [0.05, 0.1) is 12.0 Å². The van der Waals surface area contributed by atoms with Crippen molar-refractivity contribution in [3.63, 3.8) is 0 Å². The Morgan fingerprint density at radius 2 is 1.38 bits per heavy atom. The summed E-state index contributed by atoms with van der Waals surface area (Å²) in [6, 6.07) is 26.6. The monoisotopic (exact) mass is 752 g/mol. The zero-order valence-electron chi connectivity index (χ0n) is 32.4. The fourth-order valence-corrected chi connectivity index (χ4v) is 8.53. The molecule has 2 heterocycles. The molecule has 5 nitrogen and oxygen atoms in total. The number of rotatable bonds is 15. The van der Waals surface area contributed by atoms with Crippen LogP contribution in [0, 0.1) is 0 Å².